The van der Waals surface area contributed by atoms with Crippen LogP contribution in [0.1, 0.15) is 103 Å². The maximum absolute atomic E-state index is 13.7. The number of H-pyrrole nitrogens is 1. The maximum atomic E-state index is 13.7. The highest BCUT2D eigenvalue weighted by Gasteiger charge is 2.54. The Balaban J connectivity index is 1.35. The molecule has 2 N–H and O–H groups in total. The molecular weight excluding hydrogens is 559 g/mol. The van der Waals surface area contributed by atoms with Crippen LogP contribution in [0.2, 0.25) is 0 Å². The van der Waals surface area contributed by atoms with Crippen molar-refractivity contribution in [3.05, 3.63) is 35.3 Å². The predicted molar refractivity (Wildman–Crippen MR) is 167 cm³/mol. The standard InChI is InChI=1S/C33H47BN4O6/c1-20(2)27(37-30(40)41-7)29(39)38-17-9-12-25(38)28-35-19-24(36-28)21-13-14-23(34-43-31(3,4)32(5,6)44-34)26-22(21)11-8-15-33(26)16-10-18-42-33/h13-14,19-20,25,27H,8-12,15-18H2,1-7H3,(H,35,36)(H,37,40)/t25-,27-,33?/m0/s1. The predicted octanol–water partition coefficient (Wildman–Crippen LogP) is 4.76. The lowest BCUT2D eigenvalue weighted by atomic mass is 9.65. The minimum Gasteiger partial charge on any atom is -0.453 e. The van der Waals surface area contributed by atoms with Crippen LogP contribution in [-0.4, -0.2) is 71.5 Å². The van der Waals surface area contributed by atoms with Crippen LogP contribution in [-0.2, 0) is 35.6 Å². The summed E-state index contributed by atoms with van der Waals surface area (Å²) in [6.07, 6.45) is 7.94. The summed E-state index contributed by atoms with van der Waals surface area (Å²) in [7, 11) is 0.839. The van der Waals surface area contributed by atoms with Crippen LogP contribution in [0.4, 0.5) is 4.79 Å². The normalized spacial score (nSPS) is 26.3. The van der Waals surface area contributed by atoms with Crippen molar-refractivity contribution < 1.29 is 28.4 Å². The van der Waals surface area contributed by atoms with Crippen molar-refractivity contribution in [3.8, 4) is 11.3 Å². The number of aromatic nitrogens is 2. The Kier molecular flexibility index (Phi) is 8.12. The molecule has 238 valence electrons. The van der Waals surface area contributed by atoms with Crippen molar-refractivity contribution in [2.45, 2.75) is 115 Å². The molecule has 1 spiro atoms. The summed E-state index contributed by atoms with van der Waals surface area (Å²) in [4.78, 5) is 35.9. The van der Waals surface area contributed by atoms with Gasteiger partial charge in [0.15, 0.2) is 0 Å². The Morgan fingerprint density at radius 2 is 1.84 bits per heavy atom. The third kappa shape index (κ3) is 5.24. The molecule has 11 heteroatoms. The number of alkyl carbamates (subject to hydrolysis) is 1. The van der Waals surface area contributed by atoms with Gasteiger partial charge in [0.2, 0.25) is 5.91 Å². The van der Waals surface area contributed by atoms with E-state index in [2.05, 4.69) is 50.1 Å². The van der Waals surface area contributed by atoms with Gasteiger partial charge in [0.05, 0.1) is 41.8 Å². The quantitative estimate of drug-likeness (QED) is 0.456. The van der Waals surface area contributed by atoms with Crippen LogP contribution in [0.5, 0.6) is 0 Å². The minimum atomic E-state index is -0.672. The van der Waals surface area contributed by atoms with Crippen molar-refractivity contribution >= 4 is 24.6 Å². The SMILES string of the molecule is COC(=O)N[C@H](C(=O)N1CCC[C@H]1c1ncc(-c2ccc(B3OC(C)(C)C(C)(C)O3)c3c2CCCC32CCCO2)[nH]1)C(C)C. The Bertz CT molecular complexity index is 1400. The average Bonchev–Trinajstić information content (AvgIpc) is 3.78. The second-order valence-corrected chi connectivity index (χ2v) is 14.2. The van der Waals surface area contributed by atoms with E-state index in [1.165, 1.54) is 18.2 Å². The van der Waals surface area contributed by atoms with Crippen molar-refractivity contribution in [1.82, 2.24) is 20.2 Å². The highest BCUT2D eigenvalue weighted by Crippen LogP contribution is 2.48. The second kappa shape index (κ2) is 11.5. The summed E-state index contributed by atoms with van der Waals surface area (Å²) in [5, 5.41) is 2.73. The van der Waals surface area contributed by atoms with Gasteiger partial charge in [0.25, 0.3) is 0 Å². The van der Waals surface area contributed by atoms with Crippen LogP contribution in [0.3, 0.4) is 0 Å². The molecule has 4 heterocycles. The van der Waals surface area contributed by atoms with Gasteiger partial charge in [-0.25, -0.2) is 9.78 Å². The Labute approximate surface area is 261 Å². The Morgan fingerprint density at radius 3 is 2.50 bits per heavy atom. The summed E-state index contributed by atoms with van der Waals surface area (Å²) >= 11 is 0. The molecule has 6 rings (SSSR count). The molecule has 1 unspecified atom stereocenters. The number of hydrogen-bond donors (Lipinski definition) is 2. The van der Waals surface area contributed by atoms with E-state index >= 15 is 0 Å². The van der Waals surface area contributed by atoms with Gasteiger partial charge in [-0.05, 0) is 95.1 Å². The summed E-state index contributed by atoms with van der Waals surface area (Å²) in [6, 6.07) is 3.45. The molecule has 3 saturated heterocycles. The minimum absolute atomic E-state index is 0.0887. The van der Waals surface area contributed by atoms with E-state index < -0.39 is 30.5 Å². The number of imidazole rings is 1. The van der Waals surface area contributed by atoms with E-state index in [1.807, 2.05) is 24.9 Å². The number of carbonyl (C=O) groups is 2. The Hall–Kier alpha value is -2.89. The van der Waals surface area contributed by atoms with Crippen LogP contribution < -0.4 is 10.8 Å². The van der Waals surface area contributed by atoms with Crippen LogP contribution in [0, 0.1) is 5.92 Å². The van der Waals surface area contributed by atoms with Gasteiger partial charge >= 0.3 is 13.2 Å². The number of hydrogen-bond acceptors (Lipinski definition) is 7. The smallest absolute Gasteiger partial charge is 0.453 e. The van der Waals surface area contributed by atoms with Gasteiger partial charge in [-0.15, -0.1) is 0 Å². The molecule has 1 aromatic heterocycles. The number of rotatable bonds is 6. The highest BCUT2D eigenvalue weighted by atomic mass is 16.7. The molecule has 3 aliphatic heterocycles. The van der Waals surface area contributed by atoms with E-state index in [0.717, 1.165) is 74.1 Å². The first-order valence-corrected chi connectivity index (χ1v) is 16.2. The van der Waals surface area contributed by atoms with E-state index in [9.17, 15) is 9.59 Å². The number of carbonyl (C=O) groups excluding carboxylic acids is 2. The molecule has 3 fully saturated rings. The molecule has 4 aliphatic rings. The third-order valence-electron chi connectivity index (χ3n) is 10.5. The molecule has 1 aliphatic carbocycles. The lowest BCUT2D eigenvalue weighted by Gasteiger charge is -2.38. The molecule has 3 atom stereocenters. The van der Waals surface area contributed by atoms with E-state index in [0.29, 0.717) is 6.54 Å². The number of nitrogens with zero attached hydrogens (tertiary/aromatic N) is 2. The maximum Gasteiger partial charge on any atom is 0.495 e. The molecule has 2 aromatic rings. The molecule has 0 radical (unpaired) electrons. The van der Waals surface area contributed by atoms with Gasteiger partial charge in [-0.3, -0.25) is 4.79 Å². The topological polar surface area (TPSA) is 115 Å². The van der Waals surface area contributed by atoms with E-state index in [4.69, 9.17) is 23.8 Å². The van der Waals surface area contributed by atoms with E-state index in [-0.39, 0.29) is 23.5 Å². The van der Waals surface area contributed by atoms with Crippen molar-refractivity contribution in [2.75, 3.05) is 20.3 Å². The zero-order valence-electron chi connectivity index (χ0n) is 27.2. The molecule has 0 saturated carbocycles. The van der Waals surface area contributed by atoms with Gasteiger partial charge < -0.3 is 34.0 Å². The first kappa shape index (κ1) is 31.1. The number of ether oxygens (including phenoxy) is 2. The van der Waals surface area contributed by atoms with Crippen molar-refractivity contribution in [1.29, 1.82) is 0 Å². The highest BCUT2D eigenvalue weighted by molar-refractivity contribution is 6.62. The fourth-order valence-electron chi connectivity index (χ4n) is 7.49. The van der Waals surface area contributed by atoms with Crippen LogP contribution in [0.25, 0.3) is 11.3 Å². The molecule has 1 aromatic carbocycles. The molecule has 10 nitrogen and oxygen atoms in total. The summed E-state index contributed by atoms with van der Waals surface area (Å²) in [5.74, 6) is 0.558. The van der Waals surface area contributed by atoms with Gasteiger partial charge in [0, 0.05) is 18.7 Å². The van der Waals surface area contributed by atoms with Gasteiger partial charge in [-0.1, -0.05) is 26.0 Å². The van der Waals surface area contributed by atoms with Crippen LogP contribution >= 0.6 is 0 Å². The molecule has 44 heavy (non-hydrogen) atoms. The largest absolute Gasteiger partial charge is 0.495 e. The molecular formula is C33H47BN4O6. The number of nitrogens with one attached hydrogen (secondary N) is 2. The fourth-order valence-corrected chi connectivity index (χ4v) is 7.49. The van der Waals surface area contributed by atoms with E-state index in [1.54, 1.807) is 0 Å². The zero-order valence-corrected chi connectivity index (χ0v) is 27.2. The number of amides is 2. The first-order valence-electron chi connectivity index (χ1n) is 16.2. The zero-order chi connectivity index (χ0) is 31.4. The average molecular weight is 607 g/mol. The lowest BCUT2D eigenvalue weighted by Crippen LogP contribution is -2.51. The monoisotopic (exact) mass is 606 g/mol. The number of benzene rings is 1. The number of fused-ring (bicyclic) bond motifs is 2. The number of aromatic amines is 1. The van der Waals surface area contributed by atoms with Crippen molar-refractivity contribution in [2.24, 2.45) is 5.92 Å². The van der Waals surface area contributed by atoms with Crippen molar-refractivity contribution in [3.63, 3.8) is 0 Å². The summed E-state index contributed by atoms with van der Waals surface area (Å²) < 4.78 is 24.5. The Morgan fingerprint density at radius 1 is 1.11 bits per heavy atom. The summed E-state index contributed by atoms with van der Waals surface area (Å²) in [6.45, 7) is 13.6. The van der Waals surface area contributed by atoms with Gasteiger partial charge in [-0.2, -0.15) is 0 Å². The number of likely N-dealkylation sites (tertiary alicyclic amines) is 1. The molecule has 2 amide bonds. The van der Waals surface area contributed by atoms with Crippen LogP contribution in [0.15, 0.2) is 18.3 Å². The first-order chi connectivity index (χ1) is 20.9. The van der Waals surface area contributed by atoms with Gasteiger partial charge in [0.1, 0.15) is 11.9 Å². The summed E-state index contributed by atoms with van der Waals surface area (Å²) in [5.41, 5.74) is 4.38. The molecule has 0 bridgehead atoms. The fraction of sp³-hybridized carbons (Fsp3) is 0.667. The third-order valence-corrected chi connectivity index (χ3v) is 10.5. The second-order valence-electron chi connectivity index (χ2n) is 14.2. The lowest BCUT2D eigenvalue weighted by molar-refractivity contribution is -0.135. The number of methoxy groups -OCH3 is 1.